The molecule has 7 heteroatoms. The first-order valence-corrected chi connectivity index (χ1v) is 8.43. The van der Waals surface area contributed by atoms with Crippen LogP contribution >= 0.6 is 0 Å². The highest BCUT2D eigenvalue weighted by Gasteiger charge is 2.35. The zero-order chi connectivity index (χ0) is 19.0. The van der Waals surface area contributed by atoms with E-state index in [9.17, 15) is 13.6 Å². The van der Waals surface area contributed by atoms with Crippen LogP contribution in [0.4, 0.5) is 8.78 Å². The number of rotatable bonds is 4. The van der Waals surface area contributed by atoms with Crippen molar-refractivity contribution in [2.24, 2.45) is 0 Å². The highest BCUT2D eigenvalue weighted by Crippen LogP contribution is 2.28. The van der Waals surface area contributed by atoms with Crippen LogP contribution in [0.15, 0.2) is 55.0 Å². The summed E-state index contributed by atoms with van der Waals surface area (Å²) in [5.74, 6) is -1.96. The maximum atomic E-state index is 13.3. The summed E-state index contributed by atoms with van der Waals surface area (Å²) >= 11 is 0. The minimum Gasteiger partial charge on any atom is -0.332 e. The third-order valence-corrected chi connectivity index (χ3v) is 4.50. The van der Waals surface area contributed by atoms with Gasteiger partial charge in [-0.25, -0.2) is 18.4 Å². The smallest absolute Gasteiger partial charge is 0.282 e. The summed E-state index contributed by atoms with van der Waals surface area (Å²) in [6, 6.07) is 9.91. The molecule has 2 aromatic heterocycles. The van der Waals surface area contributed by atoms with Gasteiger partial charge in [0.2, 0.25) is 0 Å². The number of benzene rings is 1. The van der Waals surface area contributed by atoms with Gasteiger partial charge in [0, 0.05) is 24.7 Å². The Bertz CT molecular complexity index is 1070. The lowest BCUT2D eigenvalue weighted by Gasteiger charge is -2.38. The molecule has 0 N–H and O–H groups in total. The van der Waals surface area contributed by atoms with Gasteiger partial charge in [-0.1, -0.05) is 24.8 Å². The number of likely N-dealkylation sites (tertiary alicyclic amines) is 1. The van der Waals surface area contributed by atoms with E-state index < -0.39 is 11.7 Å². The number of carbonyl (C=O) groups excluding carboxylic acids is 1. The fraction of sp³-hybridized carbons (Fsp3) is 0.150. The average Bonchev–Trinajstić information content (AvgIpc) is 2.97. The second-order valence-electron chi connectivity index (χ2n) is 6.36. The predicted octanol–water partition coefficient (Wildman–Crippen LogP) is 3.61. The van der Waals surface area contributed by atoms with E-state index in [1.54, 1.807) is 35.2 Å². The third kappa shape index (κ3) is 3.23. The Kier molecular flexibility index (Phi) is 4.27. The van der Waals surface area contributed by atoms with E-state index in [0.717, 1.165) is 10.9 Å². The van der Waals surface area contributed by atoms with Crippen molar-refractivity contribution in [1.29, 1.82) is 0 Å². The minimum atomic E-state index is -0.962. The normalized spacial score (nSPS) is 14.7. The Morgan fingerprint density at radius 1 is 1.22 bits per heavy atom. The molecular weight excluding hydrogens is 350 g/mol. The van der Waals surface area contributed by atoms with Gasteiger partial charge in [-0.3, -0.25) is 4.79 Å². The molecule has 0 atom stereocenters. The zero-order valence-corrected chi connectivity index (χ0v) is 14.3. The molecule has 0 bridgehead atoms. The molecule has 1 aromatic carbocycles. The molecule has 5 nitrogen and oxygen atoms in total. The molecule has 0 aliphatic carbocycles. The van der Waals surface area contributed by atoms with E-state index in [1.165, 1.54) is 17.0 Å². The van der Waals surface area contributed by atoms with E-state index >= 15 is 0 Å². The molecule has 1 fully saturated rings. The van der Waals surface area contributed by atoms with Crippen molar-refractivity contribution in [2.75, 3.05) is 13.1 Å². The quantitative estimate of drug-likeness (QED) is 0.663. The van der Waals surface area contributed by atoms with Crippen LogP contribution in [0.1, 0.15) is 17.3 Å². The SMILES string of the molecule is C=C(F)C(=O)N1CC(n2nc(/C=C/c3cccc(F)c3)c3cccnc32)C1. The Morgan fingerprint density at radius 3 is 2.78 bits per heavy atom. The first-order valence-electron chi connectivity index (χ1n) is 8.43. The van der Waals surface area contributed by atoms with Gasteiger partial charge in [-0.2, -0.15) is 5.10 Å². The first kappa shape index (κ1) is 17.1. The second kappa shape index (κ2) is 6.75. The summed E-state index contributed by atoms with van der Waals surface area (Å²) in [4.78, 5) is 17.4. The number of pyridine rings is 1. The Balaban J connectivity index is 1.62. The number of carbonyl (C=O) groups is 1. The monoisotopic (exact) mass is 366 g/mol. The van der Waals surface area contributed by atoms with Crippen molar-refractivity contribution in [1.82, 2.24) is 19.7 Å². The highest BCUT2D eigenvalue weighted by molar-refractivity contribution is 5.91. The van der Waals surface area contributed by atoms with Gasteiger partial charge in [0.25, 0.3) is 5.91 Å². The molecule has 1 amide bonds. The molecule has 3 heterocycles. The number of halogens is 2. The van der Waals surface area contributed by atoms with Crippen molar-refractivity contribution in [3.8, 4) is 0 Å². The molecule has 0 radical (unpaired) electrons. The van der Waals surface area contributed by atoms with Crippen LogP contribution in [0.25, 0.3) is 23.2 Å². The summed E-state index contributed by atoms with van der Waals surface area (Å²) in [5.41, 5.74) is 2.11. The number of nitrogens with zero attached hydrogens (tertiary/aromatic N) is 4. The van der Waals surface area contributed by atoms with Crippen LogP contribution in [0.5, 0.6) is 0 Å². The van der Waals surface area contributed by atoms with Crippen LogP contribution in [0, 0.1) is 5.82 Å². The van der Waals surface area contributed by atoms with Gasteiger partial charge in [-0.05, 0) is 35.9 Å². The summed E-state index contributed by atoms with van der Waals surface area (Å²) in [6.45, 7) is 3.74. The van der Waals surface area contributed by atoms with Crippen LogP contribution in [-0.2, 0) is 4.79 Å². The lowest BCUT2D eigenvalue weighted by atomic mass is 10.1. The van der Waals surface area contributed by atoms with E-state index in [1.807, 2.05) is 12.1 Å². The summed E-state index contributed by atoms with van der Waals surface area (Å²) in [7, 11) is 0. The van der Waals surface area contributed by atoms with E-state index in [0.29, 0.717) is 24.4 Å². The van der Waals surface area contributed by atoms with Gasteiger partial charge >= 0.3 is 0 Å². The standard InChI is InChI=1S/C20H16F2N4O/c1-13(21)20(27)25-11-16(12-25)26-19-17(6-3-9-23-19)18(24-26)8-7-14-4-2-5-15(22)10-14/h2-10,16H,1,11-12H2/b8-7+. The van der Waals surface area contributed by atoms with Crippen LogP contribution in [0.3, 0.4) is 0 Å². The van der Waals surface area contributed by atoms with E-state index in [4.69, 9.17) is 0 Å². The summed E-state index contributed by atoms with van der Waals surface area (Å²) in [6.07, 6.45) is 5.26. The maximum absolute atomic E-state index is 13.3. The van der Waals surface area contributed by atoms with Gasteiger partial charge in [0.15, 0.2) is 11.5 Å². The maximum Gasteiger partial charge on any atom is 0.282 e. The Hall–Kier alpha value is -3.35. The molecular formula is C20H16F2N4O. The number of hydrogen-bond acceptors (Lipinski definition) is 3. The predicted molar refractivity (Wildman–Crippen MR) is 98.7 cm³/mol. The summed E-state index contributed by atoms with van der Waals surface area (Å²) < 4.78 is 28.1. The first-order chi connectivity index (χ1) is 13.0. The van der Waals surface area contributed by atoms with Crippen molar-refractivity contribution in [3.05, 3.63) is 72.1 Å². The van der Waals surface area contributed by atoms with Crippen LogP contribution in [0.2, 0.25) is 0 Å². The van der Waals surface area contributed by atoms with Gasteiger partial charge in [-0.15, -0.1) is 0 Å². The Morgan fingerprint density at radius 2 is 2.04 bits per heavy atom. The van der Waals surface area contributed by atoms with E-state index in [2.05, 4.69) is 16.7 Å². The molecule has 1 aliphatic heterocycles. The molecule has 0 spiro atoms. The summed E-state index contributed by atoms with van der Waals surface area (Å²) in [5, 5.41) is 5.46. The lowest BCUT2D eigenvalue weighted by Crippen LogP contribution is -2.51. The van der Waals surface area contributed by atoms with Gasteiger partial charge in [0.1, 0.15) is 5.82 Å². The lowest BCUT2D eigenvalue weighted by molar-refractivity contribution is -0.134. The highest BCUT2D eigenvalue weighted by atomic mass is 19.1. The van der Waals surface area contributed by atoms with Crippen LogP contribution < -0.4 is 0 Å². The van der Waals surface area contributed by atoms with Crippen molar-refractivity contribution >= 4 is 29.1 Å². The third-order valence-electron chi connectivity index (χ3n) is 4.50. The van der Waals surface area contributed by atoms with Crippen LogP contribution in [-0.4, -0.2) is 38.7 Å². The van der Waals surface area contributed by atoms with Crippen molar-refractivity contribution in [3.63, 3.8) is 0 Å². The van der Waals surface area contributed by atoms with Crippen molar-refractivity contribution in [2.45, 2.75) is 6.04 Å². The average molecular weight is 366 g/mol. The molecule has 0 saturated carbocycles. The van der Waals surface area contributed by atoms with Gasteiger partial charge < -0.3 is 4.90 Å². The molecule has 1 saturated heterocycles. The molecule has 3 aromatic rings. The zero-order valence-electron chi connectivity index (χ0n) is 14.3. The largest absolute Gasteiger partial charge is 0.332 e. The van der Waals surface area contributed by atoms with Crippen molar-refractivity contribution < 1.29 is 13.6 Å². The Labute approximate surface area is 154 Å². The fourth-order valence-electron chi connectivity index (χ4n) is 3.11. The van der Waals surface area contributed by atoms with Gasteiger partial charge in [0.05, 0.1) is 11.7 Å². The van der Waals surface area contributed by atoms with E-state index in [-0.39, 0.29) is 11.9 Å². The minimum absolute atomic E-state index is 0.0815. The molecule has 0 unspecified atom stereocenters. The number of fused-ring (bicyclic) bond motifs is 1. The molecule has 4 rings (SSSR count). The molecule has 27 heavy (non-hydrogen) atoms. The topological polar surface area (TPSA) is 51.0 Å². The fourth-order valence-corrected chi connectivity index (χ4v) is 3.11. The molecule has 136 valence electrons. The second-order valence-corrected chi connectivity index (χ2v) is 6.36. The molecule has 1 aliphatic rings. The number of aromatic nitrogens is 3. The number of amides is 1. The number of hydrogen-bond donors (Lipinski definition) is 0.